The summed E-state index contributed by atoms with van der Waals surface area (Å²) in [5.74, 6) is 1.09. The third kappa shape index (κ3) is 4.73. The fourth-order valence-electron chi connectivity index (χ4n) is 3.77. The normalized spacial score (nSPS) is 15.3. The highest BCUT2D eigenvalue weighted by atomic mass is 32.2. The number of hydrogen-bond acceptors (Lipinski definition) is 6. The molecular formula is C22H25N3O4S2. The Morgan fingerprint density at radius 2 is 1.84 bits per heavy atom. The van der Waals surface area contributed by atoms with Gasteiger partial charge in [-0.3, -0.25) is 10.1 Å². The molecule has 0 aliphatic heterocycles. The minimum absolute atomic E-state index is 0.0405. The van der Waals surface area contributed by atoms with Crippen molar-refractivity contribution in [3.05, 3.63) is 53.1 Å². The van der Waals surface area contributed by atoms with E-state index in [-0.39, 0.29) is 16.8 Å². The Labute approximate surface area is 186 Å². The molecule has 2 aromatic heterocycles. The smallest absolute Gasteiger partial charge is 0.257 e. The number of aryl methyl sites for hydroxylation is 1. The van der Waals surface area contributed by atoms with Gasteiger partial charge in [-0.2, -0.15) is 4.31 Å². The van der Waals surface area contributed by atoms with Crippen molar-refractivity contribution in [3.63, 3.8) is 0 Å². The highest BCUT2D eigenvalue weighted by Crippen LogP contribution is 2.28. The summed E-state index contributed by atoms with van der Waals surface area (Å²) in [6.45, 7) is 1.86. The number of aromatic nitrogens is 1. The molecule has 0 atom stereocenters. The van der Waals surface area contributed by atoms with Gasteiger partial charge in [-0.05, 0) is 56.2 Å². The maximum Gasteiger partial charge on any atom is 0.257 e. The molecule has 0 bridgehead atoms. The van der Waals surface area contributed by atoms with Crippen LogP contribution in [0.2, 0.25) is 0 Å². The SMILES string of the molecule is Cc1ccc(-c2csc(NC(=O)c3ccc(S(=O)(=O)N(C)C4CCCCC4)cc3)n2)o1. The Morgan fingerprint density at radius 3 is 2.48 bits per heavy atom. The first-order valence-corrected chi connectivity index (χ1v) is 12.6. The lowest BCUT2D eigenvalue weighted by Crippen LogP contribution is -2.38. The molecule has 164 valence electrons. The van der Waals surface area contributed by atoms with Crippen molar-refractivity contribution in [2.45, 2.75) is 50.0 Å². The fraction of sp³-hybridized carbons (Fsp3) is 0.364. The van der Waals surface area contributed by atoms with E-state index in [4.69, 9.17) is 4.42 Å². The number of carbonyl (C=O) groups excluding carboxylic acids is 1. The van der Waals surface area contributed by atoms with Gasteiger partial charge >= 0.3 is 0 Å². The van der Waals surface area contributed by atoms with Crippen LogP contribution in [0, 0.1) is 6.92 Å². The van der Waals surface area contributed by atoms with Crippen LogP contribution in [-0.4, -0.2) is 36.7 Å². The Kier molecular flexibility index (Phi) is 6.27. The van der Waals surface area contributed by atoms with E-state index < -0.39 is 10.0 Å². The van der Waals surface area contributed by atoms with Crippen LogP contribution in [0.3, 0.4) is 0 Å². The molecule has 0 spiro atoms. The van der Waals surface area contributed by atoms with Gasteiger partial charge in [0, 0.05) is 24.0 Å². The van der Waals surface area contributed by atoms with Gasteiger partial charge in [0.25, 0.3) is 5.91 Å². The summed E-state index contributed by atoms with van der Waals surface area (Å²) in [5, 5.41) is 5.01. The Hall–Kier alpha value is -2.49. The quantitative estimate of drug-likeness (QED) is 0.565. The number of anilines is 1. The molecule has 0 unspecified atom stereocenters. The highest BCUT2D eigenvalue weighted by molar-refractivity contribution is 7.89. The fourth-order valence-corrected chi connectivity index (χ4v) is 5.88. The number of carbonyl (C=O) groups is 1. The van der Waals surface area contributed by atoms with Crippen LogP contribution in [0.25, 0.3) is 11.5 Å². The topological polar surface area (TPSA) is 92.5 Å². The average Bonchev–Trinajstić information content (AvgIpc) is 3.42. The zero-order valence-corrected chi connectivity index (χ0v) is 19.1. The van der Waals surface area contributed by atoms with Crippen LogP contribution < -0.4 is 5.32 Å². The summed E-state index contributed by atoms with van der Waals surface area (Å²) in [7, 11) is -1.94. The highest BCUT2D eigenvalue weighted by Gasteiger charge is 2.29. The van der Waals surface area contributed by atoms with Crippen molar-refractivity contribution in [2.24, 2.45) is 0 Å². The van der Waals surface area contributed by atoms with Crippen molar-refractivity contribution in [1.82, 2.24) is 9.29 Å². The molecule has 1 saturated carbocycles. The summed E-state index contributed by atoms with van der Waals surface area (Å²) in [6, 6.07) is 9.76. The first-order chi connectivity index (χ1) is 14.8. The molecule has 31 heavy (non-hydrogen) atoms. The minimum atomic E-state index is -3.58. The summed E-state index contributed by atoms with van der Waals surface area (Å²) >= 11 is 1.30. The molecule has 1 aliphatic rings. The van der Waals surface area contributed by atoms with E-state index in [2.05, 4.69) is 10.3 Å². The number of furan rings is 1. The van der Waals surface area contributed by atoms with E-state index in [9.17, 15) is 13.2 Å². The van der Waals surface area contributed by atoms with Crippen molar-refractivity contribution < 1.29 is 17.6 Å². The maximum absolute atomic E-state index is 13.0. The number of rotatable bonds is 6. The van der Waals surface area contributed by atoms with Gasteiger partial charge in [0.05, 0.1) is 4.90 Å². The molecule has 3 aromatic rings. The second-order valence-corrected chi connectivity index (χ2v) is 10.6. The van der Waals surface area contributed by atoms with Crippen LogP contribution in [0.5, 0.6) is 0 Å². The molecule has 1 amide bonds. The number of hydrogen-bond donors (Lipinski definition) is 1. The molecular weight excluding hydrogens is 434 g/mol. The lowest BCUT2D eigenvalue weighted by molar-refractivity contribution is 0.102. The molecule has 9 heteroatoms. The lowest BCUT2D eigenvalue weighted by Gasteiger charge is -2.30. The molecule has 1 aliphatic carbocycles. The number of nitrogens with one attached hydrogen (secondary N) is 1. The molecule has 2 heterocycles. The zero-order valence-electron chi connectivity index (χ0n) is 17.5. The van der Waals surface area contributed by atoms with Crippen molar-refractivity contribution in [3.8, 4) is 11.5 Å². The van der Waals surface area contributed by atoms with Gasteiger partial charge in [-0.25, -0.2) is 13.4 Å². The van der Waals surface area contributed by atoms with Crippen LogP contribution in [-0.2, 0) is 10.0 Å². The van der Waals surface area contributed by atoms with Crippen molar-refractivity contribution in [2.75, 3.05) is 12.4 Å². The van der Waals surface area contributed by atoms with Gasteiger partial charge in [0.15, 0.2) is 10.9 Å². The third-order valence-electron chi connectivity index (χ3n) is 5.60. The van der Waals surface area contributed by atoms with E-state index in [1.807, 2.05) is 24.4 Å². The Morgan fingerprint density at radius 1 is 1.13 bits per heavy atom. The van der Waals surface area contributed by atoms with Crippen LogP contribution in [0.15, 0.2) is 51.1 Å². The molecule has 0 radical (unpaired) electrons. The largest absolute Gasteiger partial charge is 0.460 e. The number of nitrogens with zero attached hydrogens (tertiary/aromatic N) is 2. The number of amides is 1. The Bertz CT molecular complexity index is 1160. The predicted octanol–water partition coefficient (Wildman–Crippen LogP) is 4.92. The van der Waals surface area contributed by atoms with Gasteiger partial charge in [-0.15, -0.1) is 11.3 Å². The number of benzene rings is 1. The van der Waals surface area contributed by atoms with E-state index in [0.717, 1.165) is 37.9 Å². The van der Waals surface area contributed by atoms with Crippen LogP contribution in [0.4, 0.5) is 5.13 Å². The third-order valence-corrected chi connectivity index (χ3v) is 8.28. The maximum atomic E-state index is 13.0. The summed E-state index contributed by atoms with van der Waals surface area (Å²) in [4.78, 5) is 17.2. The molecule has 1 N–H and O–H groups in total. The van der Waals surface area contributed by atoms with Gasteiger partial charge in [0.1, 0.15) is 11.5 Å². The molecule has 0 saturated heterocycles. The predicted molar refractivity (Wildman–Crippen MR) is 121 cm³/mol. The second kappa shape index (κ2) is 8.94. The summed E-state index contributed by atoms with van der Waals surface area (Å²) in [5.41, 5.74) is 1.02. The Balaban J connectivity index is 1.44. The van der Waals surface area contributed by atoms with Crippen LogP contribution >= 0.6 is 11.3 Å². The van der Waals surface area contributed by atoms with E-state index in [0.29, 0.717) is 22.1 Å². The van der Waals surface area contributed by atoms with Gasteiger partial charge in [0.2, 0.25) is 10.0 Å². The minimum Gasteiger partial charge on any atom is -0.460 e. The van der Waals surface area contributed by atoms with Crippen molar-refractivity contribution in [1.29, 1.82) is 0 Å². The first kappa shape index (κ1) is 21.7. The molecule has 4 rings (SSSR count). The van der Waals surface area contributed by atoms with E-state index >= 15 is 0 Å². The number of sulfonamides is 1. The van der Waals surface area contributed by atoms with Gasteiger partial charge in [-0.1, -0.05) is 19.3 Å². The van der Waals surface area contributed by atoms with E-state index in [1.165, 1.54) is 39.9 Å². The monoisotopic (exact) mass is 459 g/mol. The lowest BCUT2D eigenvalue weighted by atomic mass is 9.96. The summed E-state index contributed by atoms with van der Waals surface area (Å²) in [6.07, 6.45) is 5.06. The average molecular weight is 460 g/mol. The van der Waals surface area contributed by atoms with E-state index in [1.54, 1.807) is 7.05 Å². The second-order valence-electron chi connectivity index (χ2n) is 7.74. The van der Waals surface area contributed by atoms with Crippen molar-refractivity contribution >= 4 is 32.4 Å². The molecule has 1 fully saturated rings. The summed E-state index contributed by atoms with van der Waals surface area (Å²) < 4.78 is 32.9. The standard InChI is InChI=1S/C22H25N3O4S2/c1-15-8-13-20(29-15)19-14-30-22(23-19)24-21(26)16-9-11-18(12-10-16)31(27,28)25(2)17-6-4-3-5-7-17/h8-14,17H,3-7H2,1-2H3,(H,23,24,26). The molecule has 7 nitrogen and oxygen atoms in total. The van der Waals surface area contributed by atoms with Crippen LogP contribution in [0.1, 0.15) is 48.2 Å². The first-order valence-electron chi connectivity index (χ1n) is 10.3. The molecule has 1 aromatic carbocycles. The number of thiazole rings is 1. The van der Waals surface area contributed by atoms with Gasteiger partial charge < -0.3 is 4.42 Å². The zero-order chi connectivity index (χ0) is 22.0.